The Morgan fingerprint density at radius 3 is 3.12 bits per heavy atom. The monoisotopic (exact) mass is 228 g/mol. The largest absolute Gasteiger partial charge is 0.382 e. The minimum Gasteiger partial charge on any atom is -0.382 e. The van der Waals surface area contributed by atoms with Gasteiger partial charge in [0.2, 0.25) is 5.91 Å². The van der Waals surface area contributed by atoms with Crippen LogP contribution in [0.5, 0.6) is 0 Å². The SMILES string of the molecule is COC(C)CCC(=O)NC1CCCCNC1. The van der Waals surface area contributed by atoms with E-state index in [4.69, 9.17) is 4.74 Å². The molecule has 1 heterocycles. The van der Waals surface area contributed by atoms with Gasteiger partial charge in [0, 0.05) is 26.1 Å². The second-order valence-electron chi connectivity index (χ2n) is 4.55. The number of hydrogen-bond donors (Lipinski definition) is 2. The van der Waals surface area contributed by atoms with Crippen molar-refractivity contribution in [3.63, 3.8) is 0 Å². The van der Waals surface area contributed by atoms with E-state index in [1.54, 1.807) is 7.11 Å². The van der Waals surface area contributed by atoms with Crippen molar-refractivity contribution in [1.82, 2.24) is 10.6 Å². The first kappa shape index (κ1) is 13.5. The molecule has 2 unspecified atom stereocenters. The molecule has 0 saturated carbocycles. The zero-order chi connectivity index (χ0) is 11.8. The van der Waals surface area contributed by atoms with E-state index in [9.17, 15) is 4.79 Å². The maximum Gasteiger partial charge on any atom is 0.220 e. The van der Waals surface area contributed by atoms with Crippen LogP contribution in [0.1, 0.15) is 39.0 Å². The second-order valence-corrected chi connectivity index (χ2v) is 4.55. The Balaban J connectivity index is 2.16. The van der Waals surface area contributed by atoms with Crippen LogP contribution in [0.15, 0.2) is 0 Å². The molecule has 0 aromatic heterocycles. The zero-order valence-corrected chi connectivity index (χ0v) is 10.4. The van der Waals surface area contributed by atoms with Gasteiger partial charge in [-0.3, -0.25) is 4.79 Å². The first-order chi connectivity index (χ1) is 7.72. The lowest BCUT2D eigenvalue weighted by Crippen LogP contribution is -2.40. The maximum atomic E-state index is 11.6. The standard InChI is InChI=1S/C12H24N2O2/c1-10(16-2)6-7-12(15)14-11-5-3-4-8-13-9-11/h10-11,13H,3-9H2,1-2H3,(H,14,15). The number of nitrogens with one attached hydrogen (secondary N) is 2. The summed E-state index contributed by atoms with van der Waals surface area (Å²) in [5, 5.41) is 6.42. The van der Waals surface area contributed by atoms with Crippen LogP contribution < -0.4 is 10.6 Å². The lowest BCUT2D eigenvalue weighted by Gasteiger charge is -2.17. The van der Waals surface area contributed by atoms with Crippen molar-refractivity contribution in [3.05, 3.63) is 0 Å². The number of carbonyl (C=O) groups is 1. The van der Waals surface area contributed by atoms with Crippen molar-refractivity contribution >= 4 is 5.91 Å². The van der Waals surface area contributed by atoms with Crippen molar-refractivity contribution in [3.8, 4) is 0 Å². The molecule has 4 nitrogen and oxygen atoms in total. The highest BCUT2D eigenvalue weighted by molar-refractivity contribution is 5.76. The first-order valence-electron chi connectivity index (χ1n) is 6.25. The van der Waals surface area contributed by atoms with E-state index < -0.39 is 0 Å². The molecule has 1 aliphatic heterocycles. The van der Waals surface area contributed by atoms with Gasteiger partial charge in [-0.15, -0.1) is 0 Å². The molecule has 1 saturated heterocycles. The van der Waals surface area contributed by atoms with Gasteiger partial charge in [-0.2, -0.15) is 0 Å². The minimum absolute atomic E-state index is 0.151. The highest BCUT2D eigenvalue weighted by Crippen LogP contribution is 2.05. The highest BCUT2D eigenvalue weighted by atomic mass is 16.5. The average Bonchev–Trinajstić information content (AvgIpc) is 2.54. The Morgan fingerprint density at radius 2 is 2.38 bits per heavy atom. The molecule has 0 aromatic carbocycles. The smallest absolute Gasteiger partial charge is 0.220 e. The van der Waals surface area contributed by atoms with E-state index >= 15 is 0 Å². The van der Waals surface area contributed by atoms with E-state index in [0.717, 1.165) is 25.9 Å². The van der Waals surface area contributed by atoms with Crippen molar-refractivity contribution < 1.29 is 9.53 Å². The molecule has 0 spiro atoms. The molecule has 1 rings (SSSR count). The third-order valence-corrected chi connectivity index (χ3v) is 3.09. The molecular weight excluding hydrogens is 204 g/mol. The predicted octanol–water partition coefficient (Wildman–Crippen LogP) is 1.06. The quantitative estimate of drug-likeness (QED) is 0.740. The lowest BCUT2D eigenvalue weighted by molar-refractivity contribution is -0.122. The van der Waals surface area contributed by atoms with E-state index in [0.29, 0.717) is 12.5 Å². The molecule has 1 aliphatic rings. The van der Waals surface area contributed by atoms with Crippen LogP contribution in [0.2, 0.25) is 0 Å². The fourth-order valence-electron chi connectivity index (χ4n) is 1.89. The van der Waals surface area contributed by atoms with Gasteiger partial charge in [-0.05, 0) is 32.7 Å². The van der Waals surface area contributed by atoms with Crippen LogP contribution in [0.3, 0.4) is 0 Å². The summed E-state index contributed by atoms with van der Waals surface area (Å²) in [7, 11) is 1.68. The van der Waals surface area contributed by atoms with Gasteiger partial charge in [0.15, 0.2) is 0 Å². The summed E-state index contributed by atoms with van der Waals surface area (Å²) in [5.74, 6) is 0.151. The van der Waals surface area contributed by atoms with Gasteiger partial charge in [0.05, 0.1) is 6.10 Å². The molecule has 16 heavy (non-hydrogen) atoms. The van der Waals surface area contributed by atoms with Crippen LogP contribution in [0.25, 0.3) is 0 Å². The molecular formula is C12H24N2O2. The number of rotatable bonds is 5. The van der Waals surface area contributed by atoms with Crippen LogP contribution in [0, 0.1) is 0 Å². The average molecular weight is 228 g/mol. The summed E-state index contributed by atoms with van der Waals surface area (Å²) in [6.07, 6.45) is 5.03. The molecule has 2 atom stereocenters. The van der Waals surface area contributed by atoms with Gasteiger partial charge in [-0.1, -0.05) is 6.42 Å². The van der Waals surface area contributed by atoms with Gasteiger partial charge >= 0.3 is 0 Å². The van der Waals surface area contributed by atoms with Gasteiger partial charge in [0.25, 0.3) is 0 Å². The number of methoxy groups -OCH3 is 1. The number of hydrogen-bond acceptors (Lipinski definition) is 3. The number of carbonyl (C=O) groups excluding carboxylic acids is 1. The summed E-state index contributed by atoms with van der Waals surface area (Å²) < 4.78 is 5.12. The van der Waals surface area contributed by atoms with E-state index in [1.165, 1.54) is 12.8 Å². The number of ether oxygens (including phenoxy) is 1. The zero-order valence-electron chi connectivity index (χ0n) is 10.4. The third kappa shape index (κ3) is 5.47. The fourth-order valence-corrected chi connectivity index (χ4v) is 1.89. The highest BCUT2D eigenvalue weighted by Gasteiger charge is 2.14. The molecule has 0 bridgehead atoms. The summed E-state index contributed by atoms with van der Waals surface area (Å²) in [4.78, 5) is 11.6. The fraction of sp³-hybridized carbons (Fsp3) is 0.917. The molecule has 0 aromatic rings. The Morgan fingerprint density at radius 1 is 1.56 bits per heavy atom. The van der Waals surface area contributed by atoms with Gasteiger partial charge < -0.3 is 15.4 Å². The second kappa shape index (κ2) is 7.63. The maximum absolute atomic E-state index is 11.6. The summed E-state index contributed by atoms with van der Waals surface area (Å²) >= 11 is 0. The van der Waals surface area contributed by atoms with Crippen LogP contribution in [-0.2, 0) is 9.53 Å². The molecule has 2 N–H and O–H groups in total. The summed E-state index contributed by atoms with van der Waals surface area (Å²) in [6, 6.07) is 0.313. The number of amides is 1. The molecule has 1 amide bonds. The van der Waals surface area contributed by atoms with Crippen molar-refractivity contribution in [2.45, 2.75) is 51.2 Å². The molecule has 1 fully saturated rings. The van der Waals surface area contributed by atoms with E-state index in [-0.39, 0.29) is 12.0 Å². The van der Waals surface area contributed by atoms with Crippen LogP contribution >= 0.6 is 0 Å². The third-order valence-electron chi connectivity index (χ3n) is 3.09. The lowest BCUT2D eigenvalue weighted by atomic mass is 10.1. The Bertz CT molecular complexity index is 201. The summed E-state index contributed by atoms with van der Waals surface area (Å²) in [5.41, 5.74) is 0. The van der Waals surface area contributed by atoms with Crippen LogP contribution in [-0.4, -0.2) is 38.3 Å². The topological polar surface area (TPSA) is 50.4 Å². The van der Waals surface area contributed by atoms with Crippen molar-refractivity contribution in [1.29, 1.82) is 0 Å². The summed E-state index contributed by atoms with van der Waals surface area (Å²) in [6.45, 7) is 3.97. The van der Waals surface area contributed by atoms with Crippen molar-refractivity contribution in [2.24, 2.45) is 0 Å². The Kier molecular flexibility index (Phi) is 6.42. The molecule has 0 radical (unpaired) electrons. The molecule has 94 valence electrons. The Hall–Kier alpha value is -0.610. The van der Waals surface area contributed by atoms with Gasteiger partial charge in [0.1, 0.15) is 0 Å². The van der Waals surface area contributed by atoms with E-state index in [1.807, 2.05) is 6.92 Å². The molecule has 0 aliphatic carbocycles. The predicted molar refractivity (Wildman–Crippen MR) is 64.4 cm³/mol. The molecule has 4 heteroatoms. The van der Waals surface area contributed by atoms with Crippen LogP contribution in [0.4, 0.5) is 0 Å². The Labute approximate surface area is 98.1 Å². The van der Waals surface area contributed by atoms with E-state index in [2.05, 4.69) is 10.6 Å². The minimum atomic E-state index is 0.151. The van der Waals surface area contributed by atoms with Crippen molar-refractivity contribution in [2.75, 3.05) is 20.2 Å². The first-order valence-corrected chi connectivity index (χ1v) is 6.25. The normalized spacial score (nSPS) is 23.5. The van der Waals surface area contributed by atoms with Gasteiger partial charge in [-0.25, -0.2) is 0 Å².